The summed E-state index contributed by atoms with van der Waals surface area (Å²) < 4.78 is 0. The molecular weight excluding hydrogens is 356 g/mol. The van der Waals surface area contributed by atoms with Gasteiger partial charge >= 0.3 is 5.97 Å². The van der Waals surface area contributed by atoms with Crippen LogP contribution in [-0.2, 0) is 9.59 Å². The number of aliphatic carboxylic acids is 1. The quantitative estimate of drug-likeness (QED) is 0.259. The third-order valence-corrected chi connectivity index (χ3v) is 4.85. The van der Waals surface area contributed by atoms with Gasteiger partial charge in [0, 0.05) is 18.5 Å². The minimum absolute atomic E-state index is 0.00775. The number of carbonyl (C=O) groups is 2. The van der Waals surface area contributed by atoms with Gasteiger partial charge in [-0.05, 0) is 30.5 Å². The number of hydrogen-bond acceptors (Lipinski definition) is 4. The number of nitrogens with zero attached hydrogens (tertiary/aromatic N) is 1. The topological polar surface area (TPSA) is 95.8 Å². The normalized spacial score (nSPS) is 11.8. The van der Waals surface area contributed by atoms with Gasteiger partial charge in [-0.15, -0.1) is 0 Å². The monoisotopic (exact) mass is 390 g/mol. The molecule has 0 fully saturated rings. The van der Waals surface area contributed by atoms with Crippen LogP contribution < -0.4 is 5.32 Å². The van der Waals surface area contributed by atoms with Crippen LogP contribution in [0.4, 0.5) is 5.69 Å². The fraction of sp³-hybridized carbons (Fsp3) is 0.636. The van der Waals surface area contributed by atoms with Gasteiger partial charge in [-0.25, -0.2) is 0 Å². The lowest BCUT2D eigenvalue weighted by atomic mass is 10.0. The maximum absolute atomic E-state index is 12.0. The molecule has 0 aliphatic heterocycles. The van der Waals surface area contributed by atoms with Crippen molar-refractivity contribution in [3.05, 3.63) is 34.7 Å². The van der Waals surface area contributed by atoms with Gasteiger partial charge < -0.3 is 10.4 Å². The molecule has 1 amide bonds. The molecule has 1 rings (SSSR count). The summed E-state index contributed by atoms with van der Waals surface area (Å²) >= 11 is 0. The molecule has 1 unspecified atom stereocenters. The summed E-state index contributed by atoms with van der Waals surface area (Å²) in [4.78, 5) is 33.6. The molecule has 0 aromatic heterocycles. The molecule has 28 heavy (non-hydrogen) atoms. The minimum atomic E-state index is -0.950. The molecule has 0 saturated carbocycles. The van der Waals surface area contributed by atoms with E-state index < -0.39 is 12.0 Å². The largest absolute Gasteiger partial charge is 0.481 e. The predicted octanol–water partition coefficient (Wildman–Crippen LogP) is 6.22. The fourth-order valence-corrected chi connectivity index (χ4v) is 3.15. The highest BCUT2D eigenvalue weighted by Gasteiger charge is 2.14. The smallest absolute Gasteiger partial charge is 0.303 e. The van der Waals surface area contributed by atoms with Gasteiger partial charge in [-0.1, -0.05) is 75.6 Å². The third kappa shape index (κ3) is 10.8. The summed E-state index contributed by atoms with van der Waals surface area (Å²) in [6, 6.07) is 6.19. The van der Waals surface area contributed by atoms with Crippen molar-refractivity contribution in [3.8, 4) is 0 Å². The Morgan fingerprint density at radius 2 is 1.50 bits per heavy atom. The van der Waals surface area contributed by atoms with Gasteiger partial charge in [0.2, 0.25) is 5.91 Å². The van der Waals surface area contributed by atoms with E-state index in [2.05, 4.69) is 17.4 Å². The Kier molecular flexibility index (Phi) is 12.6. The SMILES string of the molecule is CCCCCCCCCCCC(=O)Nc1ccc(C(CCC(=O)O)N=O)cc1. The standard InChI is InChI=1S/C22H34N2O4/c1-2-3-4-5-6-7-8-9-10-11-21(25)23-19-14-12-18(13-15-19)20(24-28)16-17-22(26)27/h12-15,20H,2-11,16-17H2,1H3,(H,23,25)(H,26,27). The van der Waals surface area contributed by atoms with Crippen LogP contribution in [0.25, 0.3) is 0 Å². The first kappa shape index (κ1) is 23.8. The molecule has 1 aromatic rings. The van der Waals surface area contributed by atoms with Crippen molar-refractivity contribution in [3.63, 3.8) is 0 Å². The van der Waals surface area contributed by atoms with E-state index in [-0.39, 0.29) is 18.7 Å². The molecule has 0 heterocycles. The van der Waals surface area contributed by atoms with Gasteiger partial charge in [0.25, 0.3) is 0 Å². The molecule has 2 N–H and O–H groups in total. The Labute approximate surface area is 168 Å². The number of nitroso groups, excluding NO2 is 1. The van der Waals surface area contributed by atoms with Crippen molar-refractivity contribution in [1.82, 2.24) is 0 Å². The zero-order valence-corrected chi connectivity index (χ0v) is 17.0. The molecule has 1 atom stereocenters. The van der Waals surface area contributed by atoms with Crippen LogP contribution in [-0.4, -0.2) is 17.0 Å². The van der Waals surface area contributed by atoms with Crippen molar-refractivity contribution in [2.75, 3.05) is 5.32 Å². The molecular formula is C22H34N2O4. The highest BCUT2D eigenvalue weighted by Crippen LogP contribution is 2.24. The Morgan fingerprint density at radius 1 is 0.929 bits per heavy atom. The van der Waals surface area contributed by atoms with E-state index in [1.165, 1.54) is 44.9 Å². The zero-order chi connectivity index (χ0) is 20.6. The van der Waals surface area contributed by atoms with Gasteiger partial charge in [0.15, 0.2) is 0 Å². The lowest BCUT2D eigenvalue weighted by Gasteiger charge is -2.10. The van der Waals surface area contributed by atoms with Crippen LogP contribution in [0.1, 0.15) is 95.6 Å². The van der Waals surface area contributed by atoms with Crippen molar-refractivity contribution in [2.24, 2.45) is 5.18 Å². The second-order valence-corrected chi connectivity index (χ2v) is 7.30. The van der Waals surface area contributed by atoms with E-state index >= 15 is 0 Å². The molecule has 156 valence electrons. The number of benzene rings is 1. The van der Waals surface area contributed by atoms with E-state index in [0.717, 1.165) is 12.8 Å². The van der Waals surface area contributed by atoms with Gasteiger partial charge in [-0.3, -0.25) is 9.59 Å². The Morgan fingerprint density at radius 3 is 2.04 bits per heavy atom. The summed E-state index contributed by atoms with van der Waals surface area (Å²) in [7, 11) is 0. The molecule has 0 saturated heterocycles. The number of hydrogen-bond donors (Lipinski definition) is 2. The first-order chi connectivity index (χ1) is 13.6. The molecule has 0 aliphatic carbocycles. The lowest BCUT2D eigenvalue weighted by Crippen LogP contribution is -2.11. The summed E-state index contributed by atoms with van der Waals surface area (Å²) in [5, 5.41) is 14.6. The highest BCUT2D eigenvalue weighted by molar-refractivity contribution is 5.90. The summed E-state index contributed by atoms with van der Waals surface area (Å²) in [5.41, 5.74) is 1.33. The summed E-state index contributed by atoms with van der Waals surface area (Å²) in [6.45, 7) is 2.22. The Bertz CT molecular complexity index is 587. The van der Waals surface area contributed by atoms with Crippen LogP contribution in [0, 0.1) is 4.91 Å². The number of rotatable bonds is 16. The van der Waals surface area contributed by atoms with Gasteiger partial charge in [-0.2, -0.15) is 4.91 Å². The van der Waals surface area contributed by atoms with Gasteiger partial charge in [0.05, 0.1) is 0 Å². The average molecular weight is 391 g/mol. The number of anilines is 1. The third-order valence-electron chi connectivity index (χ3n) is 4.85. The second kappa shape index (κ2) is 14.8. The first-order valence-corrected chi connectivity index (χ1v) is 10.5. The maximum Gasteiger partial charge on any atom is 0.303 e. The number of carboxylic acids is 1. The van der Waals surface area contributed by atoms with E-state index in [4.69, 9.17) is 5.11 Å². The minimum Gasteiger partial charge on any atom is -0.481 e. The average Bonchev–Trinajstić information content (AvgIpc) is 2.68. The number of carbonyl (C=O) groups excluding carboxylic acids is 1. The van der Waals surface area contributed by atoms with E-state index in [0.29, 0.717) is 17.7 Å². The van der Waals surface area contributed by atoms with Gasteiger partial charge in [0.1, 0.15) is 6.04 Å². The molecule has 0 radical (unpaired) electrons. The Balaban J connectivity index is 2.23. The molecule has 1 aromatic carbocycles. The van der Waals surface area contributed by atoms with Crippen molar-refractivity contribution in [1.29, 1.82) is 0 Å². The van der Waals surface area contributed by atoms with Crippen LogP contribution in [0.5, 0.6) is 0 Å². The lowest BCUT2D eigenvalue weighted by molar-refractivity contribution is -0.137. The molecule has 0 aliphatic rings. The van der Waals surface area contributed by atoms with Crippen LogP contribution in [0.3, 0.4) is 0 Å². The number of carboxylic acid groups (broad SMARTS) is 1. The van der Waals surface area contributed by atoms with Crippen molar-refractivity contribution in [2.45, 2.75) is 90.0 Å². The molecule has 0 bridgehead atoms. The van der Waals surface area contributed by atoms with E-state index in [9.17, 15) is 14.5 Å². The fourth-order valence-electron chi connectivity index (χ4n) is 3.15. The zero-order valence-electron chi connectivity index (χ0n) is 17.0. The molecule has 0 spiro atoms. The van der Waals surface area contributed by atoms with Crippen LogP contribution >= 0.6 is 0 Å². The van der Waals surface area contributed by atoms with Crippen LogP contribution in [0.15, 0.2) is 29.4 Å². The Hall–Kier alpha value is -2.24. The van der Waals surface area contributed by atoms with Crippen LogP contribution in [0.2, 0.25) is 0 Å². The predicted molar refractivity (Wildman–Crippen MR) is 112 cm³/mol. The molecule has 6 nitrogen and oxygen atoms in total. The number of amides is 1. The van der Waals surface area contributed by atoms with Crippen molar-refractivity contribution >= 4 is 17.6 Å². The maximum atomic E-state index is 12.0. The number of nitrogens with one attached hydrogen (secondary N) is 1. The number of unbranched alkanes of at least 4 members (excludes halogenated alkanes) is 8. The second-order valence-electron chi connectivity index (χ2n) is 7.30. The van der Waals surface area contributed by atoms with Crippen molar-refractivity contribution < 1.29 is 14.7 Å². The first-order valence-electron chi connectivity index (χ1n) is 10.5. The van der Waals surface area contributed by atoms with E-state index in [1.807, 2.05) is 0 Å². The summed E-state index contributed by atoms with van der Waals surface area (Å²) in [5.74, 6) is -0.958. The van der Waals surface area contributed by atoms with E-state index in [1.54, 1.807) is 24.3 Å². The molecule has 6 heteroatoms. The highest BCUT2D eigenvalue weighted by atomic mass is 16.4. The summed E-state index contributed by atoms with van der Waals surface area (Å²) in [6.07, 6.45) is 11.5.